The minimum absolute atomic E-state index is 0.0718. The molecule has 0 spiro atoms. The number of benzene rings is 1. The Hall–Kier alpha value is -2.47. The Morgan fingerprint density at radius 1 is 1.33 bits per heavy atom. The van der Waals surface area contributed by atoms with Crippen LogP contribution in [0.5, 0.6) is 5.88 Å². The predicted molar refractivity (Wildman–Crippen MR) is 73.5 cm³/mol. The molecule has 0 amide bonds. The third-order valence-electron chi connectivity index (χ3n) is 2.74. The summed E-state index contributed by atoms with van der Waals surface area (Å²) >= 11 is 0. The van der Waals surface area contributed by atoms with E-state index in [2.05, 4.69) is 4.98 Å². The van der Waals surface area contributed by atoms with Crippen LogP contribution in [0.2, 0.25) is 0 Å². The van der Waals surface area contributed by atoms with Crippen LogP contribution < -0.4 is 4.74 Å². The van der Waals surface area contributed by atoms with Gasteiger partial charge in [0.1, 0.15) is 5.82 Å². The highest BCUT2D eigenvalue weighted by Gasteiger charge is 2.09. The first-order valence-corrected chi connectivity index (χ1v) is 6.19. The Kier molecular flexibility index (Phi) is 4.84. The van der Waals surface area contributed by atoms with E-state index >= 15 is 0 Å². The maximum atomic E-state index is 13.9. The number of aliphatic carboxylic acids is 1. The van der Waals surface area contributed by atoms with Crippen LogP contribution in [0.3, 0.4) is 0 Å². The van der Waals surface area contributed by atoms with E-state index in [4.69, 9.17) is 14.6 Å². The van der Waals surface area contributed by atoms with E-state index in [0.717, 1.165) is 0 Å². The van der Waals surface area contributed by atoms with Crippen LogP contribution in [0, 0.1) is 5.82 Å². The largest absolute Gasteiger partial charge is 0.481 e. The van der Waals surface area contributed by atoms with Crippen molar-refractivity contribution in [1.82, 2.24) is 4.98 Å². The van der Waals surface area contributed by atoms with Gasteiger partial charge in [-0.25, -0.2) is 9.37 Å². The van der Waals surface area contributed by atoms with Gasteiger partial charge in [-0.1, -0.05) is 18.2 Å². The van der Waals surface area contributed by atoms with Crippen molar-refractivity contribution in [2.24, 2.45) is 0 Å². The summed E-state index contributed by atoms with van der Waals surface area (Å²) in [6, 6.07) is 9.45. The first-order valence-electron chi connectivity index (χ1n) is 6.19. The molecule has 0 unspecified atom stereocenters. The van der Waals surface area contributed by atoms with Crippen LogP contribution in [0.25, 0.3) is 11.3 Å². The lowest BCUT2D eigenvalue weighted by Crippen LogP contribution is -2.03. The van der Waals surface area contributed by atoms with Gasteiger partial charge < -0.3 is 14.6 Å². The standard InChI is InChI=1S/C15H14FNO4/c1-20-9-21-14-4-2-3-13(17-14)11-6-5-10(8-15(18)19)12(16)7-11/h2-7H,8-9H2,1H3,(H,18,19). The number of ether oxygens (including phenoxy) is 2. The van der Waals surface area contributed by atoms with Crippen molar-refractivity contribution in [1.29, 1.82) is 0 Å². The molecule has 0 radical (unpaired) electrons. The molecule has 110 valence electrons. The molecule has 0 aliphatic rings. The van der Waals surface area contributed by atoms with Gasteiger partial charge in [0.25, 0.3) is 0 Å². The van der Waals surface area contributed by atoms with Gasteiger partial charge in [0, 0.05) is 18.7 Å². The fraction of sp³-hybridized carbons (Fsp3) is 0.200. The lowest BCUT2D eigenvalue weighted by molar-refractivity contribution is -0.136. The number of hydrogen-bond acceptors (Lipinski definition) is 4. The number of carboxylic acids is 1. The average Bonchev–Trinajstić information content (AvgIpc) is 2.47. The van der Waals surface area contributed by atoms with E-state index in [1.807, 2.05) is 0 Å². The Labute approximate surface area is 121 Å². The van der Waals surface area contributed by atoms with Crippen LogP contribution in [0.15, 0.2) is 36.4 Å². The van der Waals surface area contributed by atoms with Crippen molar-refractivity contribution >= 4 is 5.97 Å². The second-order valence-corrected chi connectivity index (χ2v) is 4.29. The Morgan fingerprint density at radius 2 is 2.14 bits per heavy atom. The van der Waals surface area contributed by atoms with E-state index < -0.39 is 11.8 Å². The van der Waals surface area contributed by atoms with Crippen molar-refractivity contribution < 1.29 is 23.8 Å². The number of carboxylic acid groups (broad SMARTS) is 1. The summed E-state index contributed by atoms with van der Waals surface area (Å²) < 4.78 is 23.9. The van der Waals surface area contributed by atoms with Gasteiger partial charge in [0.15, 0.2) is 6.79 Å². The molecular weight excluding hydrogens is 277 g/mol. The zero-order valence-corrected chi connectivity index (χ0v) is 11.4. The van der Waals surface area contributed by atoms with Gasteiger partial charge in [-0.3, -0.25) is 4.79 Å². The molecule has 0 atom stereocenters. The molecule has 6 heteroatoms. The molecule has 5 nitrogen and oxygen atoms in total. The second kappa shape index (κ2) is 6.81. The third kappa shape index (κ3) is 4.00. The molecule has 1 aromatic carbocycles. The third-order valence-corrected chi connectivity index (χ3v) is 2.74. The van der Waals surface area contributed by atoms with Crippen LogP contribution in [-0.4, -0.2) is 30.0 Å². The fourth-order valence-electron chi connectivity index (χ4n) is 1.79. The molecule has 0 fully saturated rings. The van der Waals surface area contributed by atoms with Crippen LogP contribution in [0.4, 0.5) is 4.39 Å². The topological polar surface area (TPSA) is 68.7 Å². The maximum absolute atomic E-state index is 13.9. The SMILES string of the molecule is COCOc1cccc(-c2ccc(CC(=O)O)c(F)c2)n1. The first-order chi connectivity index (χ1) is 10.1. The molecule has 0 saturated heterocycles. The van der Waals surface area contributed by atoms with E-state index in [-0.39, 0.29) is 18.8 Å². The van der Waals surface area contributed by atoms with Crippen molar-refractivity contribution in [3.63, 3.8) is 0 Å². The van der Waals surface area contributed by atoms with E-state index in [1.165, 1.54) is 19.2 Å². The van der Waals surface area contributed by atoms with E-state index in [1.54, 1.807) is 24.3 Å². The van der Waals surface area contributed by atoms with Crippen molar-refractivity contribution in [3.8, 4) is 17.1 Å². The molecule has 0 saturated carbocycles. The quantitative estimate of drug-likeness (QED) is 0.828. The molecule has 0 aliphatic carbocycles. The lowest BCUT2D eigenvalue weighted by atomic mass is 10.1. The second-order valence-electron chi connectivity index (χ2n) is 4.29. The van der Waals surface area contributed by atoms with Gasteiger partial charge >= 0.3 is 5.97 Å². The van der Waals surface area contributed by atoms with Crippen molar-refractivity contribution in [2.75, 3.05) is 13.9 Å². The number of nitrogens with zero attached hydrogens (tertiary/aromatic N) is 1. The maximum Gasteiger partial charge on any atom is 0.307 e. The molecule has 1 heterocycles. The highest BCUT2D eigenvalue weighted by Crippen LogP contribution is 2.22. The smallest absolute Gasteiger partial charge is 0.307 e. The molecule has 1 N–H and O–H groups in total. The first kappa shape index (κ1) is 14.9. The summed E-state index contributed by atoms with van der Waals surface area (Å²) in [4.78, 5) is 14.8. The Bertz CT molecular complexity index is 645. The zero-order valence-electron chi connectivity index (χ0n) is 11.4. The van der Waals surface area contributed by atoms with Gasteiger partial charge in [-0.05, 0) is 17.7 Å². The van der Waals surface area contributed by atoms with Gasteiger partial charge in [0.2, 0.25) is 5.88 Å². The normalized spacial score (nSPS) is 10.4. The summed E-state index contributed by atoms with van der Waals surface area (Å²) in [5.74, 6) is -1.28. The van der Waals surface area contributed by atoms with Crippen molar-refractivity contribution in [2.45, 2.75) is 6.42 Å². The number of carbonyl (C=O) groups is 1. The number of methoxy groups -OCH3 is 1. The molecule has 0 aliphatic heterocycles. The predicted octanol–water partition coefficient (Wildman–Crippen LogP) is 2.50. The molecule has 2 rings (SSSR count). The Morgan fingerprint density at radius 3 is 2.81 bits per heavy atom. The summed E-state index contributed by atoms with van der Waals surface area (Å²) in [7, 11) is 1.50. The number of aromatic nitrogens is 1. The molecule has 0 bridgehead atoms. The lowest BCUT2D eigenvalue weighted by Gasteiger charge is -2.07. The molecule has 21 heavy (non-hydrogen) atoms. The molecule has 1 aromatic heterocycles. The summed E-state index contributed by atoms with van der Waals surface area (Å²) in [5, 5.41) is 8.69. The highest BCUT2D eigenvalue weighted by atomic mass is 19.1. The number of hydrogen-bond donors (Lipinski definition) is 1. The highest BCUT2D eigenvalue weighted by molar-refractivity contribution is 5.71. The Balaban J connectivity index is 2.25. The summed E-state index contributed by atoms with van der Waals surface area (Å²) in [6.07, 6.45) is -0.351. The summed E-state index contributed by atoms with van der Waals surface area (Å²) in [5.41, 5.74) is 1.21. The van der Waals surface area contributed by atoms with E-state index in [0.29, 0.717) is 17.1 Å². The number of halogens is 1. The molecule has 2 aromatic rings. The zero-order chi connectivity index (χ0) is 15.2. The van der Waals surface area contributed by atoms with Crippen LogP contribution in [0.1, 0.15) is 5.56 Å². The van der Waals surface area contributed by atoms with Crippen LogP contribution >= 0.6 is 0 Å². The van der Waals surface area contributed by atoms with Crippen molar-refractivity contribution in [3.05, 3.63) is 47.8 Å². The minimum Gasteiger partial charge on any atom is -0.481 e. The summed E-state index contributed by atoms with van der Waals surface area (Å²) in [6.45, 7) is 0.0718. The minimum atomic E-state index is -1.07. The van der Waals surface area contributed by atoms with Gasteiger partial charge in [-0.2, -0.15) is 0 Å². The van der Waals surface area contributed by atoms with E-state index in [9.17, 15) is 9.18 Å². The number of pyridine rings is 1. The number of rotatable bonds is 6. The molecular formula is C15H14FNO4. The fourth-order valence-corrected chi connectivity index (χ4v) is 1.79. The van der Waals surface area contributed by atoms with Gasteiger partial charge in [-0.15, -0.1) is 0 Å². The van der Waals surface area contributed by atoms with Crippen LogP contribution in [-0.2, 0) is 16.0 Å². The average molecular weight is 291 g/mol. The van der Waals surface area contributed by atoms with Gasteiger partial charge in [0.05, 0.1) is 12.1 Å². The monoisotopic (exact) mass is 291 g/mol.